The summed E-state index contributed by atoms with van der Waals surface area (Å²) in [5.41, 5.74) is 2.22. The van der Waals surface area contributed by atoms with Crippen LogP contribution in [0.1, 0.15) is 22.8 Å². The van der Waals surface area contributed by atoms with Gasteiger partial charge in [-0.2, -0.15) is 0 Å². The highest BCUT2D eigenvalue weighted by molar-refractivity contribution is 9.10. The number of urea groups is 1. The topological polar surface area (TPSA) is 76.7 Å². The fraction of sp³-hybridized carbons (Fsp3) is 0.263. The maximum Gasteiger partial charge on any atom is 0.319 e. The van der Waals surface area contributed by atoms with E-state index in [1.165, 1.54) is 6.92 Å². The number of halogens is 1. The molecule has 0 saturated carbocycles. The Kier molecular flexibility index (Phi) is 7.03. The molecule has 7 heteroatoms. The summed E-state index contributed by atoms with van der Waals surface area (Å²) < 4.78 is 11.4. The predicted molar refractivity (Wildman–Crippen MR) is 104 cm³/mol. The van der Waals surface area contributed by atoms with Gasteiger partial charge in [0.2, 0.25) is 0 Å². The molecule has 0 radical (unpaired) electrons. The molecule has 26 heavy (non-hydrogen) atoms. The summed E-state index contributed by atoms with van der Waals surface area (Å²) in [7, 11) is 3.16. The number of ether oxygens (including phenoxy) is 2. The third-order valence-electron chi connectivity index (χ3n) is 3.78. The Morgan fingerprint density at radius 2 is 1.65 bits per heavy atom. The van der Waals surface area contributed by atoms with Crippen LogP contribution >= 0.6 is 15.9 Å². The monoisotopic (exact) mass is 420 g/mol. The van der Waals surface area contributed by atoms with Gasteiger partial charge in [0.1, 0.15) is 0 Å². The van der Waals surface area contributed by atoms with Crippen LogP contribution in [0.2, 0.25) is 0 Å². The van der Waals surface area contributed by atoms with Crippen molar-refractivity contribution in [3.63, 3.8) is 0 Å². The van der Waals surface area contributed by atoms with Gasteiger partial charge in [0.05, 0.1) is 14.2 Å². The van der Waals surface area contributed by atoms with E-state index in [1.54, 1.807) is 38.5 Å². The largest absolute Gasteiger partial charge is 0.493 e. The third-order valence-corrected chi connectivity index (χ3v) is 4.52. The number of hydrogen-bond donors (Lipinski definition) is 2. The number of Topliss-reactive ketones (excluding diaryl/α,β-unsaturated/α-hetero) is 1. The Bertz CT molecular complexity index is 791. The van der Waals surface area contributed by atoms with Crippen LogP contribution in [0.4, 0.5) is 10.5 Å². The quantitative estimate of drug-likeness (QED) is 0.662. The highest BCUT2D eigenvalue weighted by Gasteiger charge is 2.10. The molecule has 0 spiro atoms. The SMILES string of the molecule is COc1cc(Br)c(CCNC(=O)Nc2ccc(C(C)=O)cc2)cc1OC. The van der Waals surface area contributed by atoms with Crippen molar-refractivity contribution >= 4 is 33.4 Å². The number of ketones is 1. The molecule has 2 aromatic carbocycles. The minimum atomic E-state index is -0.308. The number of nitrogens with one attached hydrogen (secondary N) is 2. The van der Waals surface area contributed by atoms with Crippen LogP contribution in [-0.4, -0.2) is 32.6 Å². The lowest BCUT2D eigenvalue weighted by Gasteiger charge is -2.12. The number of carbonyl (C=O) groups excluding carboxylic acids is 2. The molecule has 0 fully saturated rings. The highest BCUT2D eigenvalue weighted by atomic mass is 79.9. The molecule has 0 unspecified atom stereocenters. The van der Waals surface area contributed by atoms with E-state index in [1.807, 2.05) is 12.1 Å². The van der Waals surface area contributed by atoms with Crippen LogP contribution in [-0.2, 0) is 6.42 Å². The van der Waals surface area contributed by atoms with Crippen molar-refractivity contribution in [3.05, 3.63) is 52.0 Å². The van der Waals surface area contributed by atoms with Crippen molar-refractivity contribution in [2.24, 2.45) is 0 Å². The molecule has 2 aromatic rings. The van der Waals surface area contributed by atoms with Crippen molar-refractivity contribution < 1.29 is 19.1 Å². The number of benzene rings is 2. The summed E-state index contributed by atoms with van der Waals surface area (Å²) in [6, 6.07) is 10.2. The molecule has 0 aliphatic rings. The van der Waals surface area contributed by atoms with Crippen LogP contribution in [0.5, 0.6) is 11.5 Å². The van der Waals surface area contributed by atoms with Crippen LogP contribution in [0, 0.1) is 0 Å². The molecule has 0 heterocycles. The molecular formula is C19H21BrN2O4. The van der Waals surface area contributed by atoms with Crippen LogP contribution < -0.4 is 20.1 Å². The van der Waals surface area contributed by atoms with Crippen molar-refractivity contribution in [2.75, 3.05) is 26.1 Å². The van der Waals surface area contributed by atoms with E-state index in [-0.39, 0.29) is 11.8 Å². The first kappa shape index (κ1) is 19.8. The first-order valence-corrected chi connectivity index (χ1v) is 8.80. The van der Waals surface area contributed by atoms with Gasteiger partial charge in [-0.05, 0) is 55.3 Å². The summed E-state index contributed by atoms with van der Waals surface area (Å²) in [4.78, 5) is 23.2. The lowest BCUT2D eigenvalue weighted by Crippen LogP contribution is -2.30. The van der Waals surface area contributed by atoms with Gasteiger partial charge in [-0.3, -0.25) is 4.79 Å². The van der Waals surface area contributed by atoms with E-state index in [9.17, 15) is 9.59 Å². The van der Waals surface area contributed by atoms with Gasteiger partial charge in [-0.25, -0.2) is 4.79 Å². The number of amides is 2. The van der Waals surface area contributed by atoms with Gasteiger partial charge < -0.3 is 20.1 Å². The standard InChI is InChI=1S/C19H21BrN2O4/c1-12(23)13-4-6-15(7-5-13)22-19(24)21-9-8-14-10-17(25-2)18(26-3)11-16(14)20/h4-7,10-11H,8-9H2,1-3H3,(H2,21,22,24). The van der Waals surface area contributed by atoms with E-state index in [4.69, 9.17) is 9.47 Å². The molecule has 0 aliphatic carbocycles. The zero-order chi connectivity index (χ0) is 19.1. The smallest absolute Gasteiger partial charge is 0.319 e. The lowest BCUT2D eigenvalue weighted by molar-refractivity contribution is 0.101. The van der Waals surface area contributed by atoms with Gasteiger partial charge in [0, 0.05) is 22.3 Å². The third kappa shape index (κ3) is 5.23. The number of methoxy groups -OCH3 is 2. The molecule has 0 bridgehead atoms. The molecule has 0 aliphatic heterocycles. The van der Waals surface area contributed by atoms with E-state index in [2.05, 4.69) is 26.6 Å². The Morgan fingerprint density at radius 1 is 1.04 bits per heavy atom. The summed E-state index contributed by atoms with van der Waals surface area (Å²) in [5.74, 6) is 1.27. The van der Waals surface area contributed by atoms with E-state index in [0.717, 1.165) is 10.0 Å². The fourth-order valence-corrected chi connectivity index (χ4v) is 2.88. The number of carbonyl (C=O) groups is 2. The lowest BCUT2D eigenvalue weighted by atomic mass is 10.1. The number of hydrogen-bond acceptors (Lipinski definition) is 4. The normalized spacial score (nSPS) is 10.2. The second kappa shape index (κ2) is 9.24. The maximum absolute atomic E-state index is 12.0. The van der Waals surface area contributed by atoms with Crippen LogP contribution in [0.15, 0.2) is 40.9 Å². The Labute approximate surface area is 161 Å². The van der Waals surface area contributed by atoms with Crippen molar-refractivity contribution in [1.82, 2.24) is 5.32 Å². The van der Waals surface area contributed by atoms with Gasteiger partial charge in [0.25, 0.3) is 0 Å². The zero-order valence-electron chi connectivity index (χ0n) is 14.9. The summed E-state index contributed by atoms with van der Waals surface area (Å²) in [6.45, 7) is 1.95. The fourth-order valence-electron chi connectivity index (χ4n) is 2.36. The van der Waals surface area contributed by atoms with Crippen LogP contribution in [0.25, 0.3) is 0 Å². The molecule has 0 saturated heterocycles. The number of rotatable bonds is 7. The predicted octanol–water partition coefficient (Wildman–Crippen LogP) is 4.03. The van der Waals surface area contributed by atoms with Crippen LogP contribution in [0.3, 0.4) is 0 Å². The van der Waals surface area contributed by atoms with Crippen molar-refractivity contribution in [2.45, 2.75) is 13.3 Å². The molecule has 0 aromatic heterocycles. The minimum Gasteiger partial charge on any atom is -0.493 e. The molecule has 6 nitrogen and oxygen atoms in total. The van der Waals surface area contributed by atoms with Gasteiger partial charge in [-0.15, -0.1) is 0 Å². The summed E-state index contributed by atoms with van der Waals surface area (Å²) in [5, 5.41) is 5.53. The average Bonchev–Trinajstić information content (AvgIpc) is 2.63. The Balaban J connectivity index is 1.89. The minimum absolute atomic E-state index is 0.0125. The molecule has 2 amide bonds. The summed E-state index contributed by atoms with van der Waals surface area (Å²) in [6.07, 6.45) is 0.623. The van der Waals surface area contributed by atoms with Crippen molar-refractivity contribution in [3.8, 4) is 11.5 Å². The molecular weight excluding hydrogens is 400 g/mol. The first-order chi connectivity index (χ1) is 12.4. The number of anilines is 1. The maximum atomic E-state index is 12.0. The van der Waals surface area contributed by atoms with E-state index < -0.39 is 0 Å². The first-order valence-electron chi connectivity index (χ1n) is 8.01. The second-order valence-corrected chi connectivity index (χ2v) is 6.42. The van der Waals surface area contributed by atoms with E-state index in [0.29, 0.717) is 35.7 Å². The van der Waals surface area contributed by atoms with Gasteiger partial charge in [-0.1, -0.05) is 15.9 Å². The second-order valence-electron chi connectivity index (χ2n) is 5.56. The van der Waals surface area contributed by atoms with Gasteiger partial charge in [0.15, 0.2) is 17.3 Å². The zero-order valence-corrected chi connectivity index (χ0v) is 16.5. The van der Waals surface area contributed by atoms with Crippen molar-refractivity contribution in [1.29, 1.82) is 0 Å². The summed E-state index contributed by atoms with van der Waals surface area (Å²) >= 11 is 3.50. The van der Waals surface area contributed by atoms with Gasteiger partial charge >= 0.3 is 6.03 Å². The molecule has 138 valence electrons. The molecule has 2 N–H and O–H groups in total. The van der Waals surface area contributed by atoms with E-state index >= 15 is 0 Å². The average molecular weight is 421 g/mol. The Morgan fingerprint density at radius 3 is 2.23 bits per heavy atom. The molecule has 0 atom stereocenters. The Hall–Kier alpha value is -2.54. The molecule has 2 rings (SSSR count). The highest BCUT2D eigenvalue weighted by Crippen LogP contribution is 2.33.